The number of hydrogen-bond donors (Lipinski definition) is 0. The highest BCUT2D eigenvalue weighted by Gasteiger charge is 2.40. The van der Waals surface area contributed by atoms with Gasteiger partial charge in [0.15, 0.2) is 0 Å². The number of para-hydroxylation sites is 1. The van der Waals surface area contributed by atoms with Crippen LogP contribution in [-0.2, 0) is 16.1 Å². The lowest BCUT2D eigenvalue weighted by Crippen LogP contribution is -2.47. The van der Waals surface area contributed by atoms with Gasteiger partial charge in [0.1, 0.15) is 6.54 Å². The number of ether oxygens (including phenoxy) is 1. The molecule has 2 aliphatic heterocycles. The maximum atomic E-state index is 12.7. The molecule has 1 atom stereocenters. The molecule has 2 aliphatic rings. The average molecular weight is 299 g/mol. The van der Waals surface area contributed by atoms with Crippen LogP contribution in [0, 0.1) is 5.41 Å². The van der Waals surface area contributed by atoms with Crippen molar-refractivity contribution in [2.75, 3.05) is 26.3 Å². The molecule has 4 rings (SSSR count). The summed E-state index contributed by atoms with van der Waals surface area (Å²) < 4.78 is 7.38. The summed E-state index contributed by atoms with van der Waals surface area (Å²) in [5, 5.41) is 5.44. The number of likely N-dealkylation sites (tertiary alicyclic amines) is 1. The van der Waals surface area contributed by atoms with E-state index in [0.717, 1.165) is 50.0 Å². The molecule has 22 heavy (non-hydrogen) atoms. The van der Waals surface area contributed by atoms with Gasteiger partial charge < -0.3 is 9.64 Å². The molecule has 2 saturated heterocycles. The third-order valence-corrected chi connectivity index (χ3v) is 5.04. The van der Waals surface area contributed by atoms with E-state index in [4.69, 9.17) is 4.74 Å². The summed E-state index contributed by atoms with van der Waals surface area (Å²) in [6.45, 7) is 3.67. The molecule has 0 N–H and O–H groups in total. The summed E-state index contributed by atoms with van der Waals surface area (Å²) >= 11 is 0. The Hall–Kier alpha value is -1.88. The lowest BCUT2D eigenvalue weighted by atomic mass is 9.79. The molecule has 1 spiro atoms. The Morgan fingerprint density at radius 1 is 1.32 bits per heavy atom. The van der Waals surface area contributed by atoms with Crippen molar-refractivity contribution in [2.45, 2.75) is 25.8 Å². The van der Waals surface area contributed by atoms with Crippen LogP contribution in [0.15, 0.2) is 30.5 Å². The number of amides is 1. The molecule has 3 heterocycles. The Balaban J connectivity index is 1.50. The molecule has 5 nitrogen and oxygen atoms in total. The van der Waals surface area contributed by atoms with Crippen LogP contribution in [0.4, 0.5) is 0 Å². The van der Waals surface area contributed by atoms with Crippen LogP contribution >= 0.6 is 0 Å². The maximum absolute atomic E-state index is 12.7. The van der Waals surface area contributed by atoms with Crippen LogP contribution < -0.4 is 0 Å². The molecule has 2 aromatic rings. The van der Waals surface area contributed by atoms with E-state index in [0.29, 0.717) is 6.54 Å². The summed E-state index contributed by atoms with van der Waals surface area (Å²) in [4.78, 5) is 14.7. The number of carbonyl (C=O) groups is 1. The maximum Gasteiger partial charge on any atom is 0.244 e. The van der Waals surface area contributed by atoms with Crippen LogP contribution in [0.25, 0.3) is 10.9 Å². The number of fused-ring (bicyclic) bond motifs is 1. The second-order valence-corrected chi connectivity index (χ2v) is 6.58. The monoisotopic (exact) mass is 299 g/mol. The highest BCUT2D eigenvalue weighted by atomic mass is 16.5. The van der Waals surface area contributed by atoms with Gasteiger partial charge in [0.25, 0.3) is 0 Å². The summed E-state index contributed by atoms with van der Waals surface area (Å²) in [5.74, 6) is 0.167. The number of nitrogens with zero attached hydrogens (tertiary/aromatic N) is 3. The standard InChI is InChI=1S/C17H21N3O2/c21-16(11-20-15-5-2-1-4-14(15)10-18-20)19-8-3-6-17(12-19)7-9-22-13-17/h1-2,4-5,10H,3,6-9,11-13H2. The van der Waals surface area contributed by atoms with Crippen LogP contribution in [0.3, 0.4) is 0 Å². The Kier molecular flexibility index (Phi) is 3.37. The highest BCUT2D eigenvalue weighted by molar-refractivity contribution is 5.82. The third-order valence-electron chi connectivity index (χ3n) is 5.04. The molecule has 1 aromatic heterocycles. The Morgan fingerprint density at radius 3 is 3.09 bits per heavy atom. The molecular weight excluding hydrogens is 278 g/mol. The fraction of sp³-hybridized carbons (Fsp3) is 0.529. The second-order valence-electron chi connectivity index (χ2n) is 6.58. The molecule has 0 radical (unpaired) electrons. The van der Waals surface area contributed by atoms with Gasteiger partial charge in [-0.25, -0.2) is 0 Å². The zero-order valence-electron chi connectivity index (χ0n) is 12.7. The molecule has 0 aliphatic carbocycles. The summed E-state index contributed by atoms with van der Waals surface area (Å²) in [6.07, 6.45) is 5.17. The molecule has 116 valence electrons. The van der Waals surface area contributed by atoms with Gasteiger partial charge in [0.05, 0.1) is 18.3 Å². The van der Waals surface area contributed by atoms with Gasteiger partial charge in [-0.1, -0.05) is 18.2 Å². The first kappa shape index (κ1) is 13.8. The van der Waals surface area contributed by atoms with Gasteiger partial charge >= 0.3 is 0 Å². The number of benzene rings is 1. The predicted molar refractivity (Wildman–Crippen MR) is 83.4 cm³/mol. The minimum Gasteiger partial charge on any atom is -0.381 e. The van der Waals surface area contributed by atoms with Crippen molar-refractivity contribution in [3.8, 4) is 0 Å². The van der Waals surface area contributed by atoms with Crippen molar-refractivity contribution >= 4 is 16.8 Å². The fourth-order valence-corrected chi connectivity index (χ4v) is 3.77. The molecule has 5 heteroatoms. The third kappa shape index (κ3) is 2.39. The zero-order chi connectivity index (χ0) is 15.0. The fourth-order valence-electron chi connectivity index (χ4n) is 3.77. The summed E-state index contributed by atoms with van der Waals surface area (Å²) in [6, 6.07) is 8.01. The van der Waals surface area contributed by atoms with E-state index in [2.05, 4.69) is 5.10 Å². The molecule has 0 bridgehead atoms. The van der Waals surface area contributed by atoms with Crippen molar-refractivity contribution < 1.29 is 9.53 Å². The highest BCUT2D eigenvalue weighted by Crippen LogP contribution is 2.37. The van der Waals surface area contributed by atoms with Gasteiger partial charge in [0, 0.05) is 30.5 Å². The number of piperidine rings is 1. The summed E-state index contributed by atoms with van der Waals surface area (Å²) in [5.41, 5.74) is 1.23. The first-order valence-electron chi connectivity index (χ1n) is 8.02. The minimum absolute atomic E-state index is 0.167. The zero-order valence-corrected chi connectivity index (χ0v) is 12.7. The molecule has 0 saturated carbocycles. The van der Waals surface area contributed by atoms with Crippen molar-refractivity contribution in [3.05, 3.63) is 30.5 Å². The molecule has 2 fully saturated rings. The minimum atomic E-state index is 0.167. The van der Waals surface area contributed by atoms with E-state index >= 15 is 0 Å². The number of carbonyl (C=O) groups excluding carboxylic acids is 1. The van der Waals surface area contributed by atoms with Gasteiger partial charge in [-0.05, 0) is 25.3 Å². The van der Waals surface area contributed by atoms with Crippen molar-refractivity contribution in [3.63, 3.8) is 0 Å². The Labute approximate surface area is 129 Å². The first-order valence-corrected chi connectivity index (χ1v) is 8.02. The molecule has 1 unspecified atom stereocenters. The summed E-state index contributed by atoms with van der Waals surface area (Å²) in [7, 11) is 0. The molecule has 1 amide bonds. The van der Waals surface area contributed by atoms with Gasteiger partial charge in [-0.2, -0.15) is 5.10 Å². The van der Waals surface area contributed by atoms with Crippen molar-refractivity contribution in [2.24, 2.45) is 5.41 Å². The van der Waals surface area contributed by atoms with Crippen molar-refractivity contribution in [1.82, 2.24) is 14.7 Å². The van der Waals surface area contributed by atoms with Crippen LogP contribution in [0.1, 0.15) is 19.3 Å². The van der Waals surface area contributed by atoms with E-state index < -0.39 is 0 Å². The van der Waals surface area contributed by atoms with E-state index in [1.54, 1.807) is 0 Å². The predicted octanol–water partition coefficient (Wildman–Crippen LogP) is 2.07. The molecule has 1 aromatic carbocycles. The van der Waals surface area contributed by atoms with Crippen LogP contribution in [0.5, 0.6) is 0 Å². The normalized spacial score (nSPS) is 25.2. The number of rotatable bonds is 2. The average Bonchev–Trinajstić information content (AvgIpc) is 3.15. The van der Waals surface area contributed by atoms with E-state index in [-0.39, 0.29) is 11.3 Å². The quantitative estimate of drug-likeness (QED) is 0.853. The SMILES string of the molecule is O=C(Cn1ncc2ccccc21)N1CCCC2(CCOC2)C1. The number of aromatic nitrogens is 2. The van der Waals surface area contributed by atoms with E-state index in [9.17, 15) is 4.79 Å². The second kappa shape index (κ2) is 5.39. The lowest BCUT2D eigenvalue weighted by Gasteiger charge is -2.39. The van der Waals surface area contributed by atoms with E-state index in [1.807, 2.05) is 40.0 Å². The van der Waals surface area contributed by atoms with Crippen LogP contribution in [0.2, 0.25) is 0 Å². The topological polar surface area (TPSA) is 47.4 Å². The molecular formula is C17H21N3O2. The van der Waals surface area contributed by atoms with Gasteiger partial charge in [-0.15, -0.1) is 0 Å². The van der Waals surface area contributed by atoms with Crippen LogP contribution in [-0.4, -0.2) is 46.9 Å². The van der Waals surface area contributed by atoms with E-state index in [1.165, 1.54) is 6.42 Å². The lowest BCUT2D eigenvalue weighted by molar-refractivity contribution is -0.135. The Bertz CT molecular complexity index is 688. The number of hydrogen-bond acceptors (Lipinski definition) is 3. The first-order chi connectivity index (χ1) is 10.8. The largest absolute Gasteiger partial charge is 0.381 e. The Morgan fingerprint density at radius 2 is 2.23 bits per heavy atom. The smallest absolute Gasteiger partial charge is 0.244 e. The van der Waals surface area contributed by atoms with Gasteiger partial charge in [-0.3, -0.25) is 9.48 Å². The van der Waals surface area contributed by atoms with Gasteiger partial charge in [0.2, 0.25) is 5.91 Å². The van der Waals surface area contributed by atoms with Crippen molar-refractivity contribution in [1.29, 1.82) is 0 Å².